The number of hydrogen-bond donors (Lipinski definition) is 11. The van der Waals surface area contributed by atoms with E-state index < -0.39 is 122 Å². The van der Waals surface area contributed by atoms with Gasteiger partial charge in [0.1, 0.15) is 30.2 Å². The molecule has 6 amide bonds. The molecule has 0 rings (SSSR count). The minimum atomic E-state index is -1.74. The number of primary amides is 1. The Kier molecular flexibility index (Phi) is 17.9. The Hall–Kier alpha value is -4.36. The zero-order chi connectivity index (χ0) is 35.0. The lowest BCUT2D eigenvalue weighted by Gasteiger charge is -2.27. The third kappa shape index (κ3) is 15.8. The number of aliphatic carboxylic acids is 2. The summed E-state index contributed by atoms with van der Waals surface area (Å²) in [5.41, 5.74) is 10.6. The van der Waals surface area contributed by atoms with E-state index in [1.165, 1.54) is 13.8 Å². The zero-order valence-corrected chi connectivity index (χ0v) is 25.6. The van der Waals surface area contributed by atoms with Crippen molar-refractivity contribution in [2.75, 3.05) is 6.61 Å². The normalized spacial score (nSPS) is 15.6. The van der Waals surface area contributed by atoms with E-state index in [1.54, 1.807) is 13.8 Å². The van der Waals surface area contributed by atoms with Gasteiger partial charge in [0.25, 0.3) is 0 Å². The van der Waals surface area contributed by atoms with Crippen molar-refractivity contribution >= 4 is 47.4 Å². The van der Waals surface area contributed by atoms with Gasteiger partial charge in [-0.1, -0.05) is 13.8 Å². The average molecular weight is 648 g/mol. The zero-order valence-electron chi connectivity index (χ0n) is 25.6. The van der Waals surface area contributed by atoms with Gasteiger partial charge in [0.15, 0.2) is 0 Å². The summed E-state index contributed by atoms with van der Waals surface area (Å²) in [4.78, 5) is 98.0. The van der Waals surface area contributed by atoms with Crippen molar-refractivity contribution in [3.63, 3.8) is 0 Å². The molecule has 19 nitrogen and oxygen atoms in total. The molecule has 0 heterocycles. The second kappa shape index (κ2) is 19.8. The molecule has 0 aromatic rings. The molecular formula is C26H45N7O12. The fourth-order valence-electron chi connectivity index (χ4n) is 3.75. The molecule has 13 N–H and O–H groups in total. The summed E-state index contributed by atoms with van der Waals surface area (Å²) in [6.07, 6.45) is -3.40. The third-order valence-corrected chi connectivity index (χ3v) is 6.21. The Morgan fingerprint density at radius 3 is 1.47 bits per heavy atom. The molecule has 19 heteroatoms. The van der Waals surface area contributed by atoms with Crippen molar-refractivity contribution in [1.82, 2.24) is 26.6 Å². The van der Waals surface area contributed by atoms with Crippen LogP contribution in [0.1, 0.15) is 59.8 Å². The second-order valence-corrected chi connectivity index (χ2v) is 10.8. The Bertz CT molecular complexity index is 1080. The topological polar surface area (TPSA) is 330 Å². The van der Waals surface area contributed by atoms with Gasteiger partial charge >= 0.3 is 11.9 Å². The number of amides is 6. The number of carboxylic acid groups (broad SMARTS) is 2. The van der Waals surface area contributed by atoms with E-state index in [4.69, 9.17) is 16.6 Å². The maximum absolute atomic E-state index is 13.2. The first-order valence-corrected chi connectivity index (χ1v) is 14.1. The predicted molar refractivity (Wildman–Crippen MR) is 154 cm³/mol. The molecule has 0 saturated heterocycles. The molecule has 0 unspecified atom stereocenters. The molecule has 0 aromatic heterocycles. The smallest absolute Gasteiger partial charge is 0.326 e. The highest BCUT2D eigenvalue weighted by Crippen LogP contribution is 2.08. The van der Waals surface area contributed by atoms with Gasteiger partial charge in [0.2, 0.25) is 35.4 Å². The van der Waals surface area contributed by atoms with Gasteiger partial charge in [0, 0.05) is 12.8 Å². The van der Waals surface area contributed by atoms with Crippen molar-refractivity contribution < 1.29 is 58.8 Å². The van der Waals surface area contributed by atoms with Crippen LogP contribution in [-0.4, -0.2) is 117 Å². The van der Waals surface area contributed by atoms with Gasteiger partial charge in [0.05, 0.1) is 18.8 Å². The van der Waals surface area contributed by atoms with E-state index in [0.717, 1.165) is 0 Å². The van der Waals surface area contributed by atoms with Crippen molar-refractivity contribution in [3.8, 4) is 0 Å². The number of carbonyl (C=O) groups is 8. The molecule has 0 aliphatic heterocycles. The number of carboxylic acids is 2. The van der Waals surface area contributed by atoms with Gasteiger partial charge in [-0.2, -0.15) is 0 Å². The number of nitrogens with one attached hydrogen (secondary N) is 5. The van der Waals surface area contributed by atoms with Crippen LogP contribution in [0.4, 0.5) is 0 Å². The molecule has 0 spiro atoms. The summed E-state index contributed by atoms with van der Waals surface area (Å²) < 4.78 is 0. The van der Waals surface area contributed by atoms with Crippen molar-refractivity contribution in [2.24, 2.45) is 17.4 Å². The summed E-state index contributed by atoms with van der Waals surface area (Å²) in [6, 6.07) is -8.93. The third-order valence-electron chi connectivity index (χ3n) is 6.21. The van der Waals surface area contributed by atoms with Crippen LogP contribution in [-0.2, 0) is 38.4 Å². The van der Waals surface area contributed by atoms with Gasteiger partial charge in [-0.25, -0.2) is 4.79 Å². The Morgan fingerprint density at radius 2 is 1.09 bits per heavy atom. The summed E-state index contributed by atoms with van der Waals surface area (Å²) in [6.45, 7) is 4.88. The molecular weight excluding hydrogens is 602 g/mol. The van der Waals surface area contributed by atoms with Crippen LogP contribution in [0.2, 0.25) is 0 Å². The van der Waals surface area contributed by atoms with Crippen LogP contribution >= 0.6 is 0 Å². The number of nitrogens with two attached hydrogens (primary N) is 2. The first kappa shape index (κ1) is 40.6. The molecule has 45 heavy (non-hydrogen) atoms. The number of carbonyl (C=O) groups excluding carboxylic acids is 6. The number of rotatable bonds is 21. The molecule has 0 bridgehead atoms. The summed E-state index contributed by atoms with van der Waals surface area (Å²) in [7, 11) is 0. The maximum Gasteiger partial charge on any atom is 0.326 e. The molecule has 0 aliphatic rings. The van der Waals surface area contributed by atoms with Gasteiger partial charge in [-0.3, -0.25) is 33.6 Å². The number of aliphatic hydroxyl groups excluding tert-OH is 2. The SMILES string of the molecule is CC(C)C[C@H](NC(=O)[C@H](CCC(=O)O)NC(=O)[C@H](CCC(N)=O)NC(=O)[C@H](CO)NC(=O)[C@@H](NC(=O)[C@H](C)N)[C@@H](C)O)C(=O)O. The molecule has 0 aliphatic carbocycles. The van der Waals surface area contributed by atoms with Gasteiger partial charge in [-0.05, 0) is 39.0 Å². The van der Waals surface area contributed by atoms with Gasteiger partial charge in [-0.15, -0.1) is 0 Å². The average Bonchev–Trinajstić information content (AvgIpc) is 2.92. The van der Waals surface area contributed by atoms with Crippen molar-refractivity contribution in [3.05, 3.63) is 0 Å². The van der Waals surface area contributed by atoms with E-state index in [0.29, 0.717) is 0 Å². The predicted octanol–water partition coefficient (Wildman–Crippen LogP) is -4.61. The van der Waals surface area contributed by atoms with Crippen molar-refractivity contribution in [1.29, 1.82) is 0 Å². The van der Waals surface area contributed by atoms with E-state index in [2.05, 4.69) is 26.6 Å². The Balaban J connectivity index is 5.98. The lowest BCUT2D eigenvalue weighted by Crippen LogP contribution is -2.61. The van der Waals surface area contributed by atoms with E-state index in [1.807, 2.05) is 0 Å². The molecule has 7 atom stereocenters. The summed E-state index contributed by atoms with van der Waals surface area (Å²) >= 11 is 0. The maximum atomic E-state index is 13.2. The molecule has 0 fully saturated rings. The van der Waals surface area contributed by atoms with Gasteiger partial charge < -0.3 is 58.5 Å². The van der Waals surface area contributed by atoms with Crippen LogP contribution < -0.4 is 38.1 Å². The lowest BCUT2D eigenvalue weighted by atomic mass is 10.0. The minimum Gasteiger partial charge on any atom is -0.481 e. The largest absolute Gasteiger partial charge is 0.481 e. The van der Waals surface area contributed by atoms with E-state index in [9.17, 15) is 53.7 Å². The van der Waals surface area contributed by atoms with E-state index in [-0.39, 0.29) is 12.3 Å². The van der Waals surface area contributed by atoms with Crippen LogP contribution in [0.15, 0.2) is 0 Å². The van der Waals surface area contributed by atoms with Crippen LogP contribution in [0.5, 0.6) is 0 Å². The second-order valence-electron chi connectivity index (χ2n) is 10.8. The highest BCUT2D eigenvalue weighted by atomic mass is 16.4. The number of hydrogen-bond acceptors (Lipinski definition) is 11. The first-order valence-electron chi connectivity index (χ1n) is 14.1. The first-order chi connectivity index (χ1) is 20.8. The van der Waals surface area contributed by atoms with Crippen LogP contribution in [0, 0.1) is 5.92 Å². The molecule has 0 radical (unpaired) electrons. The molecule has 0 aromatic carbocycles. The van der Waals surface area contributed by atoms with Crippen molar-refractivity contribution in [2.45, 2.75) is 102 Å². The standard InChI is InChI=1S/C26H45N7O12/c1-11(2)9-16(26(44)45)31-23(41)15(6-8-19(37)38)29-22(40)14(5-7-18(28)36)30-24(42)17(10-34)32-25(43)20(13(4)35)33-21(39)12(3)27/h11-17,20,34-35H,5-10,27H2,1-4H3,(H2,28,36)(H,29,40)(H,30,42)(H,31,41)(H,32,43)(H,33,39)(H,37,38)(H,44,45)/t12-,13+,14-,15-,16-,17-,20-/m0/s1. The summed E-state index contributed by atoms with van der Waals surface area (Å²) in [5.74, 6) is -8.88. The molecule has 0 saturated carbocycles. The molecule has 256 valence electrons. The highest BCUT2D eigenvalue weighted by molar-refractivity contribution is 5.96. The highest BCUT2D eigenvalue weighted by Gasteiger charge is 2.34. The summed E-state index contributed by atoms with van der Waals surface area (Å²) in [5, 5.41) is 49.3. The lowest BCUT2D eigenvalue weighted by molar-refractivity contribution is -0.143. The Morgan fingerprint density at radius 1 is 0.644 bits per heavy atom. The minimum absolute atomic E-state index is 0.0249. The van der Waals surface area contributed by atoms with Crippen LogP contribution in [0.25, 0.3) is 0 Å². The van der Waals surface area contributed by atoms with E-state index >= 15 is 0 Å². The Labute approximate surface area is 259 Å². The fourth-order valence-corrected chi connectivity index (χ4v) is 3.75. The van der Waals surface area contributed by atoms with Crippen LogP contribution in [0.3, 0.4) is 0 Å². The fraction of sp³-hybridized carbons (Fsp3) is 0.692. The quantitative estimate of drug-likeness (QED) is 0.0559. The monoisotopic (exact) mass is 647 g/mol. The number of aliphatic hydroxyl groups is 2.